The molecule has 1 aliphatic carbocycles. The molecule has 0 saturated carbocycles. The summed E-state index contributed by atoms with van der Waals surface area (Å²) in [7, 11) is -1.33. The molecule has 0 aliphatic heterocycles. The van der Waals surface area contributed by atoms with E-state index in [4.69, 9.17) is 4.74 Å². The SMILES string of the molecule is Cc1ccc(C2=CCC(C)(C)c3cc(C(=O)C=Cc4ccc(C(=O)OCC[Si](C)(C)C)cc4F)ccc32)cc1. The third-order valence-electron chi connectivity index (χ3n) is 7.24. The van der Waals surface area contributed by atoms with Crippen molar-refractivity contribution in [3.05, 3.63) is 118 Å². The number of allylic oxidation sites excluding steroid dienone is 2. The fourth-order valence-corrected chi connectivity index (χ4v) is 5.37. The molecule has 0 fully saturated rings. The average molecular weight is 541 g/mol. The van der Waals surface area contributed by atoms with Gasteiger partial charge in [0.2, 0.25) is 0 Å². The summed E-state index contributed by atoms with van der Waals surface area (Å²) in [6, 6.07) is 19.4. The van der Waals surface area contributed by atoms with Crippen LogP contribution in [0.2, 0.25) is 25.7 Å². The van der Waals surface area contributed by atoms with Crippen molar-refractivity contribution in [2.45, 2.75) is 58.3 Å². The first-order chi connectivity index (χ1) is 18.3. The summed E-state index contributed by atoms with van der Waals surface area (Å²) in [6.45, 7) is 13.4. The molecule has 0 amide bonds. The zero-order chi connectivity index (χ0) is 28.4. The van der Waals surface area contributed by atoms with Gasteiger partial charge in [0.25, 0.3) is 0 Å². The van der Waals surface area contributed by atoms with Gasteiger partial charge in [-0.2, -0.15) is 0 Å². The van der Waals surface area contributed by atoms with Gasteiger partial charge in [-0.3, -0.25) is 4.79 Å². The van der Waals surface area contributed by atoms with Crippen LogP contribution >= 0.6 is 0 Å². The third kappa shape index (κ3) is 6.90. The number of fused-ring (bicyclic) bond motifs is 1. The van der Waals surface area contributed by atoms with E-state index in [1.54, 1.807) is 0 Å². The maximum absolute atomic E-state index is 14.8. The van der Waals surface area contributed by atoms with Gasteiger partial charge in [0.15, 0.2) is 5.78 Å². The van der Waals surface area contributed by atoms with E-state index in [1.807, 2.05) is 18.2 Å². The Bertz CT molecular complexity index is 1460. The van der Waals surface area contributed by atoms with Crippen LogP contribution in [0.25, 0.3) is 11.6 Å². The summed E-state index contributed by atoms with van der Waals surface area (Å²) in [5, 5.41) is 0. The molecule has 3 aromatic rings. The first-order valence-electron chi connectivity index (χ1n) is 13.5. The van der Waals surface area contributed by atoms with Crippen molar-refractivity contribution in [2.24, 2.45) is 0 Å². The number of ketones is 1. The van der Waals surface area contributed by atoms with E-state index in [2.05, 4.69) is 70.8 Å². The van der Waals surface area contributed by atoms with Gasteiger partial charge in [-0.25, -0.2) is 9.18 Å². The van der Waals surface area contributed by atoms with Crippen molar-refractivity contribution in [3.8, 4) is 0 Å². The van der Waals surface area contributed by atoms with Crippen LogP contribution in [0.4, 0.5) is 4.39 Å². The lowest BCUT2D eigenvalue weighted by atomic mass is 9.71. The molecule has 0 unspecified atom stereocenters. The molecule has 202 valence electrons. The highest BCUT2D eigenvalue weighted by atomic mass is 28.3. The minimum atomic E-state index is -1.33. The van der Waals surface area contributed by atoms with Gasteiger partial charge in [-0.1, -0.05) is 87.6 Å². The number of benzene rings is 3. The molecule has 5 heteroatoms. The maximum atomic E-state index is 14.8. The zero-order valence-electron chi connectivity index (χ0n) is 23.7. The minimum absolute atomic E-state index is 0.116. The van der Waals surface area contributed by atoms with Gasteiger partial charge in [-0.05, 0) is 77.4 Å². The van der Waals surface area contributed by atoms with E-state index >= 15 is 0 Å². The second kappa shape index (κ2) is 11.3. The third-order valence-corrected chi connectivity index (χ3v) is 8.94. The average Bonchev–Trinajstić information content (AvgIpc) is 2.87. The maximum Gasteiger partial charge on any atom is 0.338 e. The van der Waals surface area contributed by atoms with Crippen LogP contribution < -0.4 is 0 Å². The summed E-state index contributed by atoms with van der Waals surface area (Å²) in [5.74, 6) is -1.30. The Morgan fingerprint density at radius 2 is 1.67 bits per heavy atom. The number of rotatable bonds is 8. The smallest absolute Gasteiger partial charge is 0.338 e. The predicted octanol–water partition coefficient (Wildman–Crippen LogP) is 8.64. The van der Waals surface area contributed by atoms with Crippen LogP contribution in [0.1, 0.15) is 68.8 Å². The zero-order valence-corrected chi connectivity index (χ0v) is 24.7. The minimum Gasteiger partial charge on any atom is -0.462 e. The number of carbonyl (C=O) groups excluding carboxylic acids is 2. The Labute approximate surface area is 232 Å². The monoisotopic (exact) mass is 540 g/mol. The normalized spacial score (nSPS) is 14.6. The number of ether oxygens (including phenoxy) is 1. The van der Waals surface area contributed by atoms with Crippen molar-refractivity contribution >= 4 is 31.5 Å². The number of carbonyl (C=O) groups is 2. The topological polar surface area (TPSA) is 43.4 Å². The summed E-state index contributed by atoms with van der Waals surface area (Å²) < 4.78 is 20.1. The van der Waals surface area contributed by atoms with Gasteiger partial charge in [0.1, 0.15) is 5.82 Å². The Balaban J connectivity index is 1.51. The van der Waals surface area contributed by atoms with E-state index in [9.17, 15) is 14.0 Å². The summed E-state index contributed by atoms with van der Waals surface area (Å²) in [4.78, 5) is 25.4. The van der Waals surface area contributed by atoms with E-state index in [0.29, 0.717) is 12.2 Å². The van der Waals surface area contributed by atoms with Gasteiger partial charge >= 0.3 is 5.97 Å². The highest BCUT2D eigenvalue weighted by molar-refractivity contribution is 6.76. The van der Waals surface area contributed by atoms with E-state index in [1.165, 1.54) is 41.5 Å². The molecule has 0 atom stereocenters. The van der Waals surface area contributed by atoms with Crippen LogP contribution in [0.15, 0.2) is 72.8 Å². The molecular weight excluding hydrogens is 503 g/mol. The molecule has 0 heterocycles. The van der Waals surface area contributed by atoms with Crippen LogP contribution in [0.3, 0.4) is 0 Å². The van der Waals surface area contributed by atoms with Gasteiger partial charge < -0.3 is 4.74 Å². The molecule has 4 rings (SSSR count). The Hall–Kier alpha value is -3.57. The van der Waals surface area contributed by atoms with Crippen LogP contribution in [-0.4, -0.2) is 26.4 Å². The van der Waals surface area contributed by atoms with Gasteiger partial charge in [0, 0.05) is 19.2 Å². The highest BCUT2D eigenvalue weighted by Gasteiger charge is 2.29. The largest absolute Gasteiger partial charge is 0.462 e. The standard InChI is InChI=1S/C34H37FO3Si/c1-23-7-9-24(10-8-23)28-17-18-34(2,3)30-21-26(13-15-29(28)30)32(36)16-14-25-11-12-27(22-31(25)35)33(37)38-19-20-39(4,5)6/h7-17,21-22H,18-20H2,1-6H3. The van der Waals surface area contributed by atoms with Crippen molar-refractivity contribution in [3.63, 3.8) is 0 Å². The van der Waals surface area contributed by atoms with Crippen LogP contribution in [0.5, 0.6) is 0 Å². The van der Waals surface area contributed by atoms with Crippen molar-refractivity contribution in [1.82, 2.24) is 0 Å². The van der Waals surface area contributed by atoms with Crippen molar-refractivity contribution < 1.29 is 18.7 Å². The first kappa shape index (κ1) is 28.4. The summed E-state index contributed by atoms with van der Waals surface area (Å²) in [5.41, 5.74) is 6.67. The number of halogens is 1. The highest BCUT2D eigenvalue weighted by Crippen LogP contribution is 2.41. The molecule has 0 aromatic heterocycles. The summed E-state index contributed by atoms with van der Waals surface area (Å²) in [6.07, 6.45) is 6.00. The van der Waals surface area contributed by atoms with Crippen molar-refractivity contribution in [1.29, 1.82) is 0 Å². The number of hydrogen-bond acceptors (Lipinski definition) is 3. The lowest BCUT2D eigenvalue weighted by Gasteiger charge is -2.32. The molecule has 3 nitrogen and oxygen atoms in total. The number of esters is 1. The molecule has 39 heavy (non-hydrogen) atoms. The molecule has 0 N–H and O–H groups in total. The van der Waals surface area contributed by atoms with E-state index in [-0.39, 0.29) is 22.3 Å². The fraction of sp³-hybridized carbons (Fsp3) is 0.294. The molecular formula is C34H37FO3Si. The number of aryl methyl sites for hydroxylation is 1. The first-order valence-corrected chi connectivity index (χ1v) is 17.2. The molecule has 1 aliphatic rings. The Morgan fingerprint density at radius 1 is 0.974 bits per heavy atom. The second-order valence-corrected chi connectivity index (χ2v) is 17.8. The Morgan fingerprint density at radius 3 is 2.33 bits per heavy atom. The second-order valence-electron chi connectivity index (χ2n) is 12.2. The molecule has 0 radical (unpaired) electrons. The predicted molar refractivity (Wildman–Crippen MR) is 161 cm³/mol. The molecule has 0 saturated heterocycles. The molecule has 0 spiro atoms. The lowest BCUT2D eigenvalue weighted by molar-refractivity contribution is 0.0524. The summed E-state index contributed by atoms with van der Waals surface area (Å²) >= 11 is 0. The van der Waals surface area contributed by atoms with Crippen molar-refractivity contribution in [2.75, 3.05) is 6.61 Å². The fourth-order valence-electron chi connectivity index (χ4n) is 4.66. The van der Waals surface area contributed by atoms with E-state index in [0.717, 1.165) is 29.2 Å². The quantitative estimate of drug-likeness (QED) is 0.124. The lowest BCUT2D eigenvalue weighted by Crippen LogP contribution is -2.22. The van der Waals surface area contributed by atoms with Gasteiger partial charge in [-0.15, -0.1) is 0 Å². The molecule has 0 bridgehead atoms. The number of hydrogen-bond donors (Lipinski definition) is 0. The van der Waals surface area contributed by atoms with Crippen LogP contribution in [-0.2, 0) is 10.2 Å². The van der Waals surface area contributed by atoms with Crippen LogP contribution in [0, 0.1) is 12.7 Å². The molecule has 3 aromatic carbocycles. The van der Waals surface area contributed by atoms with E-state index < -0.39 is 19.9 Å². The van der Waals surface area contributed by atoms with Gasteiger partial charge in [0.05, 0.1) is 12.2 Å². The Kier molecular flexibility index (Phi) is 8.22.